The lowest BCUT2D eigenvalue weighted by molar-refractivity contribution is 0.0994. The Morgan fingerprint density at radius 3 is 2.09 bits per heavy atom. The molecule has 0 saturated heterocycles. The number of anilines is 3. The second-order valence-corrected chi connectivity index (χ2v) is 5.38. The third-order valence-electron chi connectivity index (χ3n) is 3.64. The van der Waals surface area contributed by atoms with Gasteiger partial charge in [-0.2, -0.15) is 0 Å². The van der Waals surface area contributed by atoms with Crippen molar-refractivity contribution in [2.45, 2.75) is 6.42 Å². The van der Waals surface area contributed by atoms with Gasteiger partial charge in [0, 0.05) is 29.0 Å². The van der Waals surface area contributed by atoms with Crippen LogP contribution in [0.5, 0.6) is 0 Å². The van der Waals surface area contributed by atoms with E-state index in [4.69, 9.17) is 5.73 Å². The molecule has 0 aliphatic carbocycles. The molecule has 0 bridgehead atoms. The van der Waals surface area contributed by atoms with Gasteiger partial charge in [-0.15, -0.1) is 0 Å². The molecule has 3 aromatic rings. The Hall–Kier alpha value is -3.07. The SMILES string of the molecule is Nc1ccccc1C(=O)Cc1ccc(Nc2ccccc2)cc1. The van der Waals surface area contributed by atoms with Gasteiger partial charge in [-0.05, 0) is 42.0 Å². The Morgan fingerprint density at radius 2 is 1.39 bits per heavy atom. The molecule has 0 aliphatic heterocycles. The van der Waals surface area contributed by atoms with E-state index in [1.165, 1.54) is 0 Å². The number of Topliss-reactive ketones (excluding diaryl/α,β-unsaturated/α-hetero) is 1. The number of ketones is 1. The number of rotatable bonds is 5. The van der Waals surface area contributed by atoms with E-state index in [2.05, 4.69) is 5.32 Å². The fourth-order valence-electron chi connectivity index (χ4n) is 2.43. The molecule has 0 aliphatic rings. The summed E-state index contributed by atoms with van der Waals surface area (Å²) in [7, 11) is 0. The molecule has 0 unspecified atom stereocenters. The van der Waals surface area contributed by atoms with Crippen molar-refractivity contribution in [3.63, 3.8) is 0 Å². The molecule has 0 atom stereocenters. The van der Waals surface area contributed by atoms with Crippen LogP contribution in [0.3, 0.4) is 0 Å². The quantitative estimate of drug-likeness (QED) is 0.541. The lowest BCUT2D eigenvalue weighted by Crippen LogP contribution is -2.06. The van der Waals surface area contributed by atoms with Gasteiger partial charge in [0.1, 0.15) is 0 Å². The molecule has 23 heavy (non-hydrogen) atoms. The first-order valence-corrected chi connectivity index (χ1v) is 7.51. The average Bonchev–Trinajstić information content (AvgIpc) is 2.58. The highest BCUT2D eigenvalue weighted by Crippen LogP contribution is 2.18. The molecule has 0 aromatic heterocycles. The van der Waals surface area contributed by atoms with Gasteiger partial charge >= 0.3 is 0 Å². The Labute approximate surface area is 135 Å². The summed E-state index contributed by atoms with van der Waals surface area (Å²) in [6.07, 6.45) is 0.347. The van der Waals surface area contributed by atoms with Gasteiger partial charge in [-0.1, -0.05) is 42.5 Å². The monoisotopic (exact) mass is 302 g/mol. The highest BCUT2D eigenvalue weighted by atomic mass is 16.1. The minimum atomic E-state index is 0.0341. The van der Waals surface area contributed by atoms with E-state index in [0.29, 0.717) is 17.7 Å². The predicted octanol–water partition coefficient (Wildman–Crippen LogP) is 4.44. The van der Waals surface area contributed by atoms with Gasteiger partial charge in [0.2, 0.25) is 0 Å². The van der Waals surface area contributed by atoms with Crippen molar-refractivity contribution in [1.29, 1.82) is 0 Å². The second-order valence-electron chi connectivity index (χ2n) is 5.38. The van der Waals surface area contributed by atoms with Crippen LogP contribution >= 0.6 is 0 Å². The van der Waals surface area contributed by atoms with Crippen molar-refractivity contribution in [3.8, 4) is 0 Å². The number of nitrogens with one attached hydrogen (secondary N) is 1. The molecule has 0 heterocycles. The summed E-state index contributed by atoms with van der Waals surface area (Å²) >= 11 is 0. The summed E-state index contributed by atoms with van der Waals surface area (Å²) in [5.41, 5.74) is 9.96. The van der Waals surface area contributed by atoms with Crippen LogP contribution in [0.4, 0.5) is 17.1 Å². The highest BCUT2D eigenvalue weighted by molar-refractivity contribution is 6.01. The molecule has 3 aromatic carbocycles. The molecular formula is C20H18N2O. The van der Waals surface area contributed by atoms with Crippen molar-refractivity contribution in [2.24, 2.45) is 0 Å². The normalized spacial score (nSPS) is 10.3. The maximum atomic E-state index is 12.3. The summed E-state index contributed by atoms with van der Waals surface area (Å²) in [5.74, 6) is 0.0341. The lowest BCUT2D eigenvalue weighted by Gasteiger charge is -2.08. The third-order valence-corrected chi connectivity index (χ3v) is 3.64. The number of nitrogen functional groups attached to an aromatic ring is 1. The topological polar surface area (TPSA) is 55.1 Å². The van der Waals surface area contributed by atoms with Crippen LogP contribution in [0.2, 0.25) is 0 Å². The van der Waals surface area contributed by atoms with E-state index in [0.717, 1.165) is 16.9 Å². The van der Waals surface area contributed by atoms with Gasteiger partial charge in [-0.25, -0.2) is 0 Å². The Bertz CT molecular complexity index is 795. The number of nitrogens with two attached hydrogens (primary N) is 1. The molecule has 0 radical (unpaired) electrons. The molecule has 3 heteroatoms. The first-order valence-electron chi connectivity index (χ1n) is 7.51. The van der Waals surface area contributed by atoms with E-state index >= 15 is 0 Å². The van der Waals surface area contributed by atoms with E-state index in [1.54, 1.807) is 12.1 Å². The summed E-state index contributed by atoms with van der Waals surface area (Å²) in [4.78, 5) is 12.3. The van der Waals surface area contributed by atoms with Crippen LogP contribution in [0.15, 0.2) is 78.9 Å². The van der Waals surface area contributed by atoms with Gasteiger partial charge in [0.15, 0.2) is 5.78 Å². The Kier molecular flexibility index (Phi) is 4.39. The zero-order valence-corrected chi connectivity index (χ0v) is 12.7. The lowest BCUT2D eigenvalue weighted by atomic mass is 10.0. The Morgan fingerprint density at radius 1 is 0.783 bits per heavy atom. The van der Waals surface area contributed by atoms with Gasteiger partial charge in [0.25, 0.3) is 0 Å². The minimum Gasteiger partial charge on any atom is -0.398 e. The molecule has 0 saturated carbocycles. The molecule has 114 valence electrons. The average molecular weight is 302 g/mol. The summed E-state index contributed by atoms with van der Waals surface area (Å²) in [5, 5.41) is 3.32. The van der Waals surface area contributed by atoms with Crippen LogP contribution in [-0.2, 0) is 6.42 Å². The van der Waals surface area contributed by atoms with E-state index < -0.39 is 0 Å². The standard InChI is InChI=1S/C20H18N2O/c21-19-9-5-4-8-18(19)20(23)14-15-10-12-17(13-11-15)22-16-6-2-1-3-7-16/h1-13,22H,14,21H2. The molecule has 3 N–H and O–H groups in total. The van der Waals surface area contributed by atoms with Crippen LogP contribution < -0.4 is 11.1 Å². The van der Waals surface area contributed by atoms with E-state index in [1.807, 2.05) is 66.7 Å². The second kappa shape index (κ2) is 6.79. The molecule has 3 rings (SSSR count). The zero-order valence-electron chi connectivity index (χ0n) is 12.7. The number of hydrogen-bond donors (Lipinski definition) is 2. The highest BCUT2D eigenvalue weighted by Gasteiger charge is 2.09. The van der Waals surface area contributed by atoms with Crippen LogP contribution in [0.1, 0.15) is 15.9 Å². The first-order chi connectivity index (χ1) is 11.2. The first kappa shape index (κ1) is 14.9. The van der Waals surface area contributed by atoms with Crippen LogP contribution in [0, 0.1) is 0 Å². The van der Waals surface area contributed by atoms with Gasteiger partial charge in [0.05, 0.1) is 0 Å². The third kappa shape index (κ3) is 3.77. The number of para-hydroxylation sites is 2. The molecule has 0 amide bonds. The molecular weight excluding hydrogens is 284 g/mol. The van der Waals surface area contributed by atoms with Crippen LogP contribution in [0.25, 0.3) is 0 Å². The smallest absolute Gasteiger partial charge is 0.169 e. The minimum absolute atomic E-state index is 0.0341. The molecule has 3 nitrogen and oxygen atoms in total. The zero-order chi connectivity index (χ0) is 16.1. The van der Waals surface area contributed by atoms with Gasteiger partial charge in [-0.3, -0.25) is 4.79 Å². The number of carbonyl (C=O) groups is 1. The number of benzene rings is 3. The van der Waals surface area contributed by atoms with Crippen molar-refractivity contribution in [2.75, 3.05) is 11.1 Å². The van der Waals surface area contributed by atoms with Crippen molar-refractivity contribution >= 4 is 22.8 Å². The van der Waals surface area contributed by atoms with Crippen molar-refractivity contribution in [3.05, 3.63) is 90.0 Å². The maximum Gasteiger partial charge on any atom is 0.169 e. The van der Waals surface area contributed by atoms with Crippen molar-refractivity contribution in [1.82, 2.24) is 0 Å². The summed E-state index contributed by atoms with van der Waals surface area (Å²) in [6.45, 7) is 0. The summed E-state index contributed by atoms with van der Waals surface area (Å²) in [6, 6.07) is 25.0. The van der Waals surface area contributed by atoms with E-state index in [-0.39, 0.29) is 5.78 Å². The number of carbonyl (C=O) groups excluding carboxylic acids is 1. The largest absolute Gasteiger partial charge is 0.398 e. The summed E-state index contributed by atoms with van der Waals surface area (Å²) < 4.78 is 0. The maximum absolute atomic E-state index is 12.3. The fourth-order valence-corrected chi connectivity index (χ4v) is 2.43. The fraction of sp³-hybridized carbons (Fsp3) is 0.0500. The van der Waals surface area contributed by atoms with E-state index in [9.17, 15) is 4.79 Å². The Balaban J connectivity index is 1.68. The predicted molar refractivity (Wildman–Crippen MR) is 95.1 cm³/mol. The van der Waals surface area contributed by atoms with Crippen LogP contribution in [-0.4, -0.2) is 5.78 Å². The molecule has 0 fully saturated rings. The number of hydrogen-bond acceptors (Lipinski definition) is 3. The molecule has 0 spiro atoms. The van der Waals surface area contributed by atoms with Crippen molar-refractivity contribution < 1.29 is 4.79 Å². The van der Waals surface area contributed by atoms with Gasteiger partial charge < -0.3 is 11.1 Å².